The summed E-state index contributed by atoms with van der Waals surface area (Å²) in [4.78, 5) is 18.0. The maximum Gasteiger partial charge on any atom is 0.253 e. The van der Waals surface area contributed by atoms with Crippen LogP contribution in [0.3, 0.4) is 0 Å². The smallest absolute Gasteiger partial charge is 0.253 e. The first kappa shape index (κ1) is 27.3. The van der Waals surface area contributed by atoms with Gasteiger partial charge in [-0.2, -0.15) is 0 Å². The van der Waals surface area contributed by atoms with Crippen molar-refractivity contribution in [3.63, 3.8) is 0 Å². The Morgan fingerprint density at radius 2 is 1.32 bits per heavy atom. The summed E-state index contributed by atoms with van der Waals surface area (Å²) >= 11 is 0. The molecule has 1 amide bonds. The molecule has 1 fully saturated rings. The Labute approximate surface area is 236 Å². The Kier molecular flexibility index (Phi) is 8.99. The highest BCUT2D eigenvalue weighted by molar-refractivity contribution is 5.94. The molecular weight excluding hydrogens is 500 g/mol. The highest BCUT2D eigenvalue weighted by atomic mass is 16.5. The molecule has 0 saturated carbocycles. The summed E-state index contributed by atoms with van der Waals surface area (Å²) in [6, 6.07) is 34.5. The maximum absolute atomic E-state index is 13.6. The Hall–Kier alpha value is -4.29. The molecule has 0 unspecified atom stereocenters. The van der Waals surface area contributed by atoms with Gasteiger partial charge in [0.2, 0.25) is 0 Å². The number of carbonyl (C=O) groups is 1. The second-order valence-electron chi connectivity index (χ2n) is 9.75. The molecule has 0 aliphatic carbocycles. The maximum atomic E-state index is 13.6. The van der Waals surface area contributed by atoms with Gasteiger partial charge in [0.1, 0.15) is 12.4 Å². The van der Waals surface area contributed by atoms with Crippen molar-refractivity contribution < 1.29 is 19.0 Å². The number of para-hydroxylation sites is 2. The average Bonchev–Trinajstić information content (AvgIpc) is 3.02. The van der Waals surface area contributed by atoms with Gasteiger partial charge in [-0.05, 0) is 48.4 Å². The molecule has 0 atom stereocenters. The summed E-state index contributed by atoms with van der Waals surface area (Å²) in [6.07, 6.45) is 0. The molecule has 1 saturated heterocycles. The standard InChI is InChI=1S/C34H36N2O4/c1-3-39-30-19-18-28(24-29(30)25-40-32-17-11-10-16-31(32)38-2)34(37)36-22-20-35(21-23-36)33(26-12-6-4-7-13-26)27-14-8-5-9-15-27/h4-19,24,33H,3,20-23,25H2,1-2H3. The molecule has 6 heteroatoms. The van der Waals surface area contributed by atoms with Crippen molar-refractivity contribution in [1.82, 2.24) is 9.80 Å². The SMILES string of the molecule is CCOc1ccc(C(=O)N2CCN(C(c3ccccc3)c3ccccc3)CC2)cc1COc1ccccc1OC. The number of carbonyl (C=O) groups excluding carboxylic acids is 1. The third-order valence-corrected chi connectivity index (χ3v) is 7.26. The van der Waals surface area contributed by atoms with Gasteiger partial charge in [-0.3, -0.25) is 9.69 Å². The van der Waals surface area contributed by atoms with E-state index in [0.29, 0.717) is 42.5 Å². The third kappa shape index (κ3) is 6.29. The number of amides is 1. The van der Waals surface area contributed by atoms with Crippen LogP contribution in [0.25, 0.3) is 0 Å². The van der Waals surface area contributed by atoms with Gasteiger partial charge in [0, 0.05) is 37.3 Å². The Morgan fingerprint density at radius 3 is 1.93 bits per heavy atom. The fourth-order valence-corrected chi connectivity index (χ4v) is 5.27. The molecule has 5 rings (SSSR count). The lowest BCUT2D eigenvalue weighted by atomic mass is 9.96. The first-order chi connectivity index (χ1) is 19.7. The summed E-state index contributed by atoms with van der Waals surface area (Å²) in [7, 11) is 1.62. The number of hydrogen-bond acceptors (Lipinski definition) is 5. The van der Waals surface area contributed by atoms with Gasteiger partial charge >= 0.3 is 0 Å². The van der Waals surface area contributed by atoms with Crippen molar-refractivity contribution in [2.24, 2.45) is 0 Å². The summed E-state index contributed by atoms with van der Waals surface area (Å²) in [5.74, 6) is 2.05. The van der Waals surface area contributed by atoms with E-state index in [1.165, 1.54) is 11.1 Å². The van der Waals surface area contributed by atoms with Gasteiger partial charge in [0.05, 0.1) is 19.8 Å². The van der Waals surface area contributed by atoms with Crippen molar-refractivity contribution in [2.45, 2.75) is 19.6 Å². The summed E-state index contributed by atoms with van der Waals surface area (Å²) < 4.78 is 17.3. The van der Waals surface area contributed by atoms with Crippen molar-refractivity contribution >= 4 is 5.91 Å². The predicted molar refractivity (Wildman–Crippen MR) is 157 cm³/mol. The summed E-state index contributed by atoms with van der Waals surface area (Å²) in [6.45, 7) is 5.65. The third-order valence-electron chi connectivity index (χ3n) is 7.26. The topological polar surface area (TPSA) is 51.2 Å². The van der Waals surface area contributed by atoms with Crippen LogP contribution in [0.5, 0.6) is 17.2 Å². The van der Waals surface area contributed by atoms with Crippen molar-refractivity contribution in [3.05, 3.63) is 125 Å². The molecule has 1 heterocycles. The van der Waals surface area contributed by atoms with E-state index in [-0.39, 0.29) is 18.6 Å². The Morgan fingerprint density at radius 1 is 0.725 bits per heavy atom. The first-order valence-electron chi connectivity index (χ1n) is 13.8. The van der Waals surface area contributed by atoms with E-state index in [1.807, 2.05) is 54.3 Å². The number of hydrogen-bond donors (Lipinski definition) is 0. The summed E-state index contributed by atoms with van der Waals surface area (Å²) in [5.41, 5.74) is 3.99. The van der Waals surface area contributed by atoms with Crippen LogP contribution in [0, 0.1) is 0 Å². The molecular formula is C34H36N2O4. The van der Waals surface area contributed by atoms with Crippen molar-refractivity contribution in [1.29, 1.82) is 0 Å². The van der Waals surface area contributed by atoms with E-state index in [0.717, 1.165) is 18.7 Å². The lowest BCUT2D eigenvalue weighted by Crippen LogP contribution is -2.49. The molecule has 1 aliphatic rings. The zero-order chi connectivity index (χ0) is 27.7. The molecule has 1 aliphatic heterocycles. The van der Waals surface area contributed by atoms with Gasteiger partial charge in [-0.25, -0.2) is 0 Å². The zero-order valence-corrected chi connectivity index (χ0v) is 23.2. The number of nitrogens with zero attached hydrogens (tertiary/aromatic N) is 2. The van der Waals surface area contributed by atoms with E-state index in [2.05, 4.69) is 65.6 Å². The second-order valence-corrected chi connectivity index (χ2v) is 9.75. The van der Waals surface area contributed by atoms with Gasteiger partial charge in [-0.1, -0.05) is 72.8 Å². The molecule has 0 spiro atoms. The number of ether oxygens (including phenoxy) is 3. The molecule has 0 bridgehead atoms. The lowest BCUT2D eigenvalue weighted by molar-refractivity contribution is 0.0597. The van der Waals surface area contributed by atoms with Crippen LogP contribution in [0.1, 0.15) is 40.0 Å². The molecule has 0 aromatic heterocycles. The minimum atomic E-state index is 0.0252. The zero-order valence-electron chi connectivity index (χ0n) is 23.2. The minimum Gasteiger partial charge on any atom is -0.493 e. The minimum absolute atomic E-state index is 0.0252. The van der Waals surface area contributed by atoms with Gasteiger partial charge in [-0.15, -0.1) is 0 Å². The fourth-order valence-electron chi connectivity index (χ4n) is 5.27. The van der Waals surface area contributed by atoms with Crippen molar-refractivity contribution in [3.8, 4) is 17.2 Å². The second kappa shape index (κ2) is 13.2. The van der Waals surface area contributed by atoms with E-state index in [4.69, 9.17) is 14.2 Å². The fraction of sp³-hybridized carbons (Fsp3) is 0.265. The van der Waals surface area contributed by atoms with Gasteiger partial charge < -0.3 is 19.1 Å². The van der Waals surface area contributed by atoms with Gasteiger partial charge in [0.15, 0.2) is 11.5 Å². The molecule has 6 nitrogen and oxygen atoms in total. The molecule has 206 valence electrons. The molecule has 4 aromatic carbocycles. The number of piperazine rings is 1. The normalized spacial score (nSPS) is 13.7. The highest BCUT2D eigenvalue weighted by Gasteiger charge is 2.29. The van der Waals surface area contributed by atoms with E-state index in [9.17, 15) is 4.79 Å². The van der Waals surface area contributed by atoms with E-state index >= 15 is 0 Å². The van der Waals surface area contributed by atoms with Crippen LogP contribution in [0.2, 0.25) is 0 Å². The quantitative estimate of drug-likeness (QED) is 0.241. The number of rotatable bonds is 10. The lowest BCUT2D eigenvalue weighted by Gasteiger charge is -2.40. The van der Waals surface area contributed by atoms with Crippen LogP contribution in [-0.2, 0) is 6.61 Å². The largest absolute Gasteiger partial charge is 0.493 e. The van der Waals surface area contributed by atoms with E-state index < -0.39 is 0 Å². The number of benzene rings is 4. The molecule has 4 aromatic rings. The Bertz CT molecular complexity index is 1350. The van der Waals surface area contributed by atoms with Crippen LogP contribution < -0.4 is 14.2 Å². The van der Waals surface area contributed by atoms with Crippen LogP contribution >= 0.6 is 0 Å². The van der Waals surface area contributed by atoms with Crippen LogP contribution in [0.15, 0.2) is 103 Å². The van der Waals surface area contributed by atoms with Gasteiger partial charge in [0.25, 0.3) is 5.91 Å². The average molecular weight is 537 g/mol. The van der Waals surface area contributed by atoms with E-state index in [1.54, 1.807) is 7.11 Å². The molecule has 40 heavy (non-hydrogen) atoms. The monoisotopic (exact) mass is 536 g/mol. The number of methoxy groups -OCH3 is 1. The van der Waals surface area contributed by atoms with Crippen LogP contribution in [-0.4, -0.2) is 55.6 Å². The van der Waals surface area contributed by atoms with Crippen LogP contribution in [0.4, 0.5) is 0 Å². The summed E-state index contributed by atoms with van der Waals surface area (Å²) in [5, 5.41) is 0. The molecule has 0 N–H and O–H groups in total. The predicted octanol–water partition coefficient (Wildman–Crippen LogP) is 6.22. The molecule has 0 radical (unpaired) electrons. The highest BCUT2D eigenvalue weighted by Crippen LogP contribution is 2.31. The Balaban J connectivity index is 1.29. The first-order valence-corrected chi connectivity index (χ1v) is 13.8. The van der Waals surface area contributed by atoms with Crippen molar-refractivity contribution in [2.75, 3.05) is 39.9 Å².